The summed E-state index contributed by atoms with van der Waals surface area (Å²) in [5, 5.41) is 5.75. The molecule has 1 amide bonds. The molecule has 3 aromatic carbocycles. The second-order valence-electron chi connectivity index (χ2n) is 6.65. The number of carbonyl (C=O) groups excluding carboxylic acids is 1. The smallest absolute Gasteiger partial charge is 0.249 e. The van der Waals surface area contributed by atoms with E-state index in [1.807, 2.05) is 42.2 Å². The Kier molecular flexibility index (Phi) is 4.14. The van der Waals surface area contributed by atoms with Gasteiger partial charge in [0.15, 0.2) is 0 Å². The van der Waals surface area contributed by atoms with Gasteiger partial charge in [0.05, 0.1) is 0 Å². The molecule has 0 aliphatic carbocycles. The normalized spacial score (nSPS) is 14.8. The molecule has 0 bridgehead atoms. The van der Waals surface area contributed by atoms with Crippen molar-refractivity contribution in [3.8, 4) is 0 Å². The molecule has 3 aromatic rings. The summed E-state index contributed by atoms with van der Waals surface area (Å²) in [6.45, 7) is 2.73. The van der Waals surface area contributed by atoms with Crippen LogP contribution < -0.4 is 10.2 Å². The summed E-state index contributed by atoms with van der Waals surface area (Å²) in [4.78, 5) is 14.9. The van der Waals surface area contributed by atoms with E-state index >= 15 is 0 Å². The first kappa shape index (κ1) is 15.7. The molecule has 0 saturated carbocycles. The van der Waals surface area contributed by atoms with Crippen molar-refractivity contribution in [2.75, 3.05) is 16.8 Å². The fourth-order valence-electron chi connectivity index (χ4n) is 3.59. The number of rotatable bonds is 3. The Bertz CT molecular complexity index is 919. The van der Waals surface area contributed by atoms with E-state index in [9.17, 15) is 4.79 Å². The van der Waals surface area contributed by atoms with Crippen molar-refractivity contribution in [1.82, 2.24) is 0 Å². The van der Waals surface area contributed by atoms with Crippen LogP contribution in [0.4, 0.5) is 11.4 Å². The maximum absolute atomic E-state index is 13.0. The van der Waals surface area contributed by atoms with Gasteiger partial charge in [0.2, 0.25) is 5.91 Å². The Balaban J connectivity index is 1.54. The largest absolute Gasteiger partial charge is 0.374 e. The number of hydrogen-bond acceptors (Lipinski definition) is 2. The minimum atomic E-state index is -0.271. The first-order valence-corrected chi connectivity index (χ1v) is 8.87. The quantitative estimate of drug-likeness (QED) is 0.760. The zero-order valence-electron chi connectivity index (χ0n) is 14.4. The number of aryl methyl sites for hydroxylation is 1. The molecule has 1 heterocycles. The molecule has 3 nitrogen and oxygen atoms in total. The third kappa shape index (κ3) is 3.10. The number of para-hydroxylation sites is 1. The molecular weight excluding hydrogens is 308 g/mol. The van der Waals surface area contributed by atoms with Crippen LogP contribution in [0, 0.1) is 0 Å². The van der Waals surface area contributed by atoms with Crippen LogP contribution >= 0.6 is 0 Å². The van der Waals surface area contributed by atoms with Crippen molar-refractivity contribution in [3.63, 3.8) is 0 Å². The number of amides is 1. The number of fused-ring (bicyclic) bond motifs is 2. The standard InChI is InChI=1S/C22H22N2O/c1-16(23-20-13-12-17-7-2-3-9-19(17)15-20)22(25)24-14-6-10-18-8-4-5-11-21(18)24/h2-5,7-9,11-13,15-16,23H,6,10,14H2,1H3/t16-/m1/s1. The topological polar surface area (TPSA) is 32.3 Å². The third-order valence-electron chi connectivity index (χ3n) is 4.88. The van der Waals surface area contributed by atoms with Gasteiger partial charge in [-0.05, 0) is 54.3 Å². The van der Waals surface area contributed by atoms with Crippen LogP contribution in [0.3, 0.4) is 0 Å². The highest BCUT2D eigenvalue weighted by Gasteiger charge is 2.25. The van der Waals surface area contributed by atoms with Crippen LogP contribution in [0.5, 0.6) is 0 Å². The maximum Gasteiger partial charge on any atom is 0.249 e. The Labute approximate surface area is 148 Å². The number of anilines is 2. The van der Waals surface area contributed by atoms with Gasteiger partial charge < -0.3 is 10.2 Å². The van der Waals surface area contributed by atoms with Crippen LogP contribution in [-0.2, 0) is 11.2 Å². The van der Waals surface area contributed by atoms with E-state index in [0.29, 0.717) is 0 Å². The van der Waals surface area contributed by atoms with Crippen LogP contribution in [-0.4, -0.2) is 18.5 Å². The van der Waals surface area contributed by atoms with Crippen LogP contribution in [0.15, 0.2) is 66.7 Å². The predicted molar refractivity (Wildman–Crippen MR) is 104 cm³/mol. The highest BCUT2D eigenvalue weighted by molar-refractivity contribution is 5.99. The van der Waals surface area contributed by atoms with E-state index in [2.05, 4.69) is 41.7 Å². The molecule has 0 spiro atoms. The molecule has 4 rings (SSSR count). The summed E-state index contributed by atoms with van der Waals surface area (Å²) in [5.74, 6) is 0.125. The second-order valence-corrected chi connectivity index (χ2v) is 6.65. The summed E-state index contributed by atoms with van der Waals surface area (Å²) >= 11 is 0. The zero-order valence-corrected chi connectivity index (χ0v) is 14.4. The van der Waals surface area contributed by atoms with Gasteiger partial charge in [0.25, 0.3) is 0 Å². The predicted octanol–water partition coefficient (Wildman–Crippen LogP) is 4.62. The Morgan fingerprint density at radius 1 is 1.00 bits per heavy atom. The molecule has 0 fully saturated rings. The number of nitrogens with one attached hydrogen (secondary N) is 1. The second kappa shape index (κ2) is 6.60. The van der Waals surface area contributed by atoms with Crippen molar-refractivity contribution >= 4 is 28.1 Å². The van der Waals surface area contributed by atoms with Gasteiger partial charge in [-0.2, -0.15) is 0 Å². The van der Waals surface area contributed by atoms with Crippen LogP contribution in [0.1, 0.15) is 18.9 Å². The molecule has 0 saturated heterocycles. The first-order valence-electron chi connectivity index (χ1n) is 8.87. The Hall–Kier alpha value is -2.81. The van der Waals surface area contributed by atoms with Gasteiger partial charge >= 0.3 is 0 Å². The van der Waals surface area contributed by atoms with Crippen molar-refractivity contribution in [1.29, 1.82) is 0 Å². The minimum absolute atomic E-state index is 0.125. The summed E-state index contributed by atoms with van der Waals surface area (Å²) < 4.78 is 0. The number of carbonyl (C=O) groups is 1. The molecule has 0 radical (unpaired) electrons. The van der Waals surface area contributed by atoms with E-state index < -0.39 is 0 Å². The van der Waals surface area contributed by atoms with Gasteiger partial charge in [0, 0.05) is 17.9 Å². The molecule has 0 unspecified atom stereocenters. The van der Waals surface area contributed by atoms with Gasteiger partial charge in [-0.1, -0.05) is 48.5 Å². The van der Waals surface area contributed by atoms with Crippen molar-refractivity contribution < 1.29 is 4.79 Å². The maximum atomic E-state index is 13.0. The average Bonchev–Trinajstić information content (AvgIpc) is 2.67. The first-order chi connectivity index (χ1) is 12.2. The van der Waals surface area contributed by atoms with E-state index in [0.717, 1.165) is 30.8 Å². The monoisotopic (exact) mass is 330 g/mol. The number of hydrogen-bond donors (Lipinski definition) is 1. The molecule has 3 heteroatoms. The van der Waals surface area contributed by atoms with Crippen molar-refractivity contribution in [3.05, 3.63) is 72.3 Å². The lowest BCUT2D eigenvalue weighted by atomic mass is 10.0. The van der Waals surface area contributed by atoms with E-state index in [1.54, 1.807) is 0 Å². The highest BCUT2D eigenvalue weighted by Crippen LogP contribution is 2.28. The molecule has 1 N–H and O–H groups in total. The fraction of sp³-hybridized carbons (Fsp3) is 0.227. The summed E-state index contributed by atoms with van der Waals surface area (Å²) in [7, 11) is 0. The highest BCUT2D eigenvalue weighted by atomic mass is 16.2. The minimum Gasteiger partial charge on any atom is -0.374 e. The number of nitrogens with zero attached hydrogens (tertiary/aromatic N) is 1. The van der Waals surface area contributed by atoms with E-state index in [1.165, 1.54) is 16.3 Å². The lowest BCUT2D eigenvalue weighted by Gasteiger charge is -2.32. The van der Waals surface area contributed by atoms with Crippen molar-refractivity contribution in [2.45, 2.75) is 25.8 Å². The van der Waals surface area contributed by atoms with E-state index in [4.69, 9.17) is 0 Å². The summed E-state index contributed by atoms with van der Waals surface area (Å²) in [6.07, 6.45) is 2.07. The molecule has 0 aromatic heterocycles. The fourth-order valence-corrected chi connectivity index (χ4v) is 3.59. The molecule has 1 atom stereocenters. The number of benzene rings is 3. The Morgan fingerprint density at radius 3 is 2.64 bits per heavy atom. The van der Waals surface area contributed by atoms with Crippen LogP contribution in [0.2, 0.25) is 0 Å². The summed E-state index contributed by atoms with van der Waals surface area (Å²) in [5.41, 5.74) is 3.30. The molecular formula is C22H22N2O. The van der Waals surface area contributed by atoms with Gasteiger partial charge in [-0.15, -0.1) is 0 Å². The van der Waals surface area contributed by atoms with Gasteiger partial charge in [0.1, 0.15) is 6.04 Å². The van der Waals surface area contributed by atoms with Gasteiger partial charge in [-0.25, -0.2) is 0 Å². The van der Waals surface area contributed by atoms with Gasteiger partial charge in [-0.3, -0.25) is 4.79 Å². The average molecular weight is 330 g/mol. The lowest BCUT2D eigenvalue weighted by molar-refractivity contribution is -0.119. The molecule has 25 heavy (non-hydrogen) atoms. The Morgan fingerprint density at radius 2 is 1.76 bits per heavy atom. The molecule has 1 aliphatic heterocycles. The summed E-state index contributed by atoms with van der Waals surface area (Å²) in [6, 6.07) is 22.4. The molecule has 1 aliphatic rings. The SMILES string of the molecule is C[C@@H](Nc1ccc2ccccc2c1)C(=O)N1CCCc2ccccc21. The van der Waals surface area contributed by atoms with Crippen LogP contribution in [0.25, 0.3) is 10.8 Å². The van der Waals surface area contributed by atoms with E-state index in [-0.39, 0.29) is 11.9 Å². The zero-order chi connectivity index (χ0) is 17.2. The molecule has 126 valence electrons. The van der Waals surface area contributed by atoms with Crippen molar-refractivity contribution in [2.24, 2.45) is 0 Å². The third-order valence-corrected chi connectivity index (χ3v) is 4.88. The lowest BCUT2D eigenvalue weighted by Crippen LogP contribution is -2.44.